The van der Waals surface area contributed by atoms with E-state index in [0.29, 0.717) is 0 Å². The first-order valence-corrected chi connectivity index (χ1v) is 11.3. The van der Waals surface area contributed by atoms with Crippen molar-refractivity contribution >= 4 is 24.6 Å². The van der Waals surface area contributed by atoms with Crippen molar-refractivity contribution in [2.24, 2.45) is 4.99 Å². The number of hydrogen-bond acceptors (Lipinski definition) is 2. The summed E-state index contributed by atoms with van der Waals surface area (Å²) in [7, 11) is -1.07. The molecule has 0 fully saturated rings. The zero-order valence-electron chi connectivity index (χ0n) is 11.4. The second-order valence-corrected chi connectivity index (χ2v) is 14.4. The van der Waals surface area contributed by atoms with Crippen LogP contribution in [0.1, 0.15) is 25.3 Å². The van der Waals surface area contributed by atoms with Gasteiger partial charge in [0.15, 0.2) is 0 Å². The van der Waals surface area contributed by atoms with E-state index in [1.165, 1.54) is 23.3 Å². The Balaban J connectivity index is 2.53. The van der Waals surface area contributed by atoms with Crippen LogP contribution in [-0.2, 0) is 0 Å². The van der Waals surface area contributed by atoms with E-state index in [0.717, 1.165) is 6.54 Å². The molecule has 0 saturated carbocycles. The molecule has 3 heteroatoms. The number of benzene rings is 1. The monoisotopic (exact) mass is 265 g/mol. The first kappa shape index (κ1) is 14.5. The largest absolute Gasteiger partial charge is 0.293 e. The molecule has 0 heterocycles. The summed E-state index contributed by atoms with van der Waals surface area (Å²) in [5.74, 6) is 0. The van der Waals surface area contributed by atoms with Crippen LogP contribution in [0.15, 0.2) is 34.2 Å². The zero-order chi connectivity index (χ0) is 12.7. The minimum Gasteiger partial charge on any atom is -0.293 e. The van der Waals surface area contributed by atoms with Gasteiger partial charge in [-0.25, -0.2) is 0 Å². The lowest BCUT2D eigenvalue weighted by atomic mass is 10.2. The smallest absolute Gasteiger partial charge is 0.114 e. The maximum absolute atomic E-state index is 4.41. The highest BCUT2D eigenvalue weighted by Gasteiger charge is 2.14. The number of unbranched alkanes of at least 4 members (excludes halogenated alkanes) is 1. The van der Waals surface area contributed by atoms with Gasteiger partial charge in [-0.3, -0.25) is 4.99 Å². The van der Waals surface area contributed by atoms with E-state index in [1.54, 1.807) is 0 Å². The van der Waals surface area contributed by atoms with E-state index < -0.39 is 7.22 Å². The Kier molecular flexibility index (Phi) is 5.99. The average molecular weight is 265 g/mol. The lowest BCUT2D eigenvalue weighted by Gasteiger charge is -2.14. The second-order valence-electron chi connectivity index (χ2n) is 5.17. The van der Waals surface area contributed by atoms with Crippen molar-refractivity contribution in [3.8, 4) is 0 Å². The summed E-state index contributed by atoms with van der Waals surface area (Å²) in [5, 5.41) is 0. The van der Waals surface area contributed by atoms with Crippen LogP contribution in [0.4, 0.5) is 0 Å². The van der Waals surface area contributed by atoms with Gasteiger partial charge < -0.3 is 0 Å². The minimum atomic E-state index is -1.07. The zero-order valence-corrected chi connectivity index (χ0v) is 13.2. The predicted molar refractivity (Wildman–Crippen MR) is 83.0 cm³/mol. The molecule has 0 radical (unpaired) electrons. The quantitative estimate of drug-likeness (QED) is 0.407. The van der Waals surface area contributed by atoms with Crippen LogP contribution in [-0.4, -0.2) is 20.0 Å². The van der Waals surface area contributed by atoms with Crippen LogP contribution >= 0.6 is 11.2 Å². The van der Waals surface area contributed by atoms with E-state index in [1.807, 2.05) is 17.4 Å². The van der Waals surface area contributed by atoms with Gasteiger partial charge in [0.2, 0.25) is 0 Å². The summed E-state index contributed by atoms with van der Waals surface area (Å²) in [5.41, 5.74) is 1.21. The summed E-state index contributed by atoms with van der Waals surface area (Å²) in [6.07, 6.45) is 4.38. The van der Waals surface area contributed by atoms with Gasteiger partial charge in [-0.1, -0.05) is 45.1 Å². The lowest BCUT2D eigenvalue weighted by molar-refractivity contribution is 0.810. The fraction of sp³-hybridized carbons (Fsp3) is 0.500. The number of hydrogen-bond donors (Lipinski definition) is 0. The molecule has 0 unspecified atom stereocenters. The van der Waals surface area contributed by atoms with Crippen LogP contribution in [0.25, 0.3) is 0 Å². The highest BCUT2D eigenvalue weighted by molar-refractivity contribution is 8.28. The molecule has 0 amide bonds. The molecule has 0 saturated heterocycles. The van der Waals surface area contributed by atoms with Gasteiger partial charge in [0.25, 0.3) is 0 Å². The van der Waals surface area contributed by atoms with Crippen molar-refractivity contribution in [1.29, 1.82) is 0 Å². The van der Waals surface area contributed by atoms with Gasteiger partial charge in [-0.05, 0) is 24.1 Å². The van der Waals surface area contributed by atoms with Crippen molar-refractivity contribution < 1.29 is 0 Å². The maximum Gasteiger partial charge on any atom is 0.114 e. The van der Waals surface area contributed by atoms with Gasteiger partial charge in [0.1, 0.15) is 7.22 Å². The minimum absolute atomic E-state index is 0.946. The molecule has 0 N–H and O–H groups in total. The lowest BCUT2D eigenvalue weighted by Crippen LogP contribution is -2.13. The molecule has 17 heavy (non-hydrogen) atoms. The van der Waals surface area contributed by atoms with Crippen molar-refractivity contribution in [2.75, 3.05) is 6.54 Å². The molecule has 0 bridgehead atoms. The Morgan fingerprint density at radius 2 is 1.82 bits per heavy atom. The Morgan fingerprint density at radius 1 is 1.18 bits per heavy atom. The Morgan fingerprint density at radius 3 is 2.35 bits per heavy atom. The second kappa shape index (κ2) is 7.02. The normalized spacial score (nSPS) is 12.2. The Bertz CT molecular complexity index is 351. The first-order chi connectivity index (χ1) is 8.01. The number of aliphatic imine (C=N–C) groups is 1. The van der Waals surface area contributed by atoms with Gasteiger partial charge in [0, 0.05) is 17.7 Å². The van der Waals surface area contributed by atoms with E-state index in [-0.39, 0.29) is 0 Å². The summed E-state index contributed by atoms with van der Waals surface area (Å²) < 4.78 is 0. The molecule has 1 rings (SSSR count). The fourth-order valence-electron chi connectivity index (χ4n) is 1.39. The van der Waals surface area contributed by atoms with Crippen LogP contribution in [0.2, 0.25) is 19.6 Å². The number of nitrogens with zero attached hydrogens (tertiary/aromatic N) is 1. The summed E-state index contributed by atoms with van der Waals surface area (Å²) in [6, 6.07) is 8.75. The van der Waals surface area contributed by atoms with Crippen LogP contribution in [0.5, 0.6) is 0 Å². The van der Waals surface area contributed by atoms with Crippen LogP contribution in [0, 0.1) is 0 Å². The summed E-state index contributed by atoms with van der Waals surface area (Å²) >= 11 is 2.04. The fourth-order valence-corrected chi connectivity index (χ4v) is 4.90. The maximum atomic E-state index is 4.41. The SMILES string of the molecule is CCCCN=Cc1ccc(S[Si](C)(C)C)cc1. The molecule has 1 aromatic rings. The van der Waals surface area contributed by atoms with Crippen molar-refractivity contribution in [2.45, 2.75) is 44.3 Å². The van der Waals surface area contributed by atoms with Crippen LogP contribution < -0.4 is 0 Å². The highest BCUT2D eigenvalue weighted by atomic mass is 32.4. The van der Waals surface area contributed by atoms with Gasteiger partial charge in [0.05, 0.1) is 0 Å². The van der Waals surface area contributed by atoms with Crippen molar-refractivity contribution in [1.82, 2.24) is 0 Å². The molecule has 0 spiro atoms. The molecule has 94 valence electrons. The highest BCUT2D eigenvalue weighted by Crippen LogP contribution is 2.28. The standard InChI is InChI=1S/C14H23NSSi/c1-5-6-11-15-12-13-7-9-14(10-8-13)16-17(2,3)4/h7-10,12H,5-6,11H2,1-4H3. The molecular weight excluding hydrogens is 242 g/mol. The third-order valence-corrected chi connectivity index (χ3v) is 5.85. The molecular formula is C14H23NSSi. The molecule has 0 aliphatic rings. The molecule has 0 atom stereocenters. The molecule has 1 nitrogen and oxygen atoms in total. The van der Waals surface area contributed by atoms with E-state index in [9.17, 15) is 0 Å². The molecule has 0 aromatic heterocycles. The third kappa shape index (κ3) is 6.69. The van der Waals surface area contributed by atoms with Crippen LogP contribution in [0.3, 0.4) is 0 Å². The molecule has 0 aliphatic heterocycles. The van der Waals surface area contributed by atoms with Gasteiger partial charge in [-0.15, -0.1) is 0 Å². The van der Waals surface area contributed by atoms with E-state index in [2.05, 4.69) is 55.8 Å². The summed E-state index contributed by atoms with van der Waals surface area (Å²) in [4.78, 5) is 5.80. The molecule has 0 aliphatic carbocycles. The molecule has 1 aromatic carbocycles. The van der Waals surface area contributed by atoms with Gasteiger partial charge in [-0.2, -0.15) is 11.2 Å². The first-order valence-electron chi connectivity index (χ1n) is 6.30. The van der Waals surface area contributed by atoms with E-state index in [4.69, 9.17) is 0 Å². The Labute approximate surface area is 110 Å². The van der Waals surface area contributed by atoms with Crippen molar-refractivity contribution in [3.05, 3.63) is 29.8 Å². The summed E-state index contributed by atoms with van der Waals surface area (Å²) in [6.45, 7) is 10.3. The van der Waals surface area contributed by atoms with E-state index >= 15 is 0 Å². The third-order valence-electron chi connectivity index (χ3n) is 2.19. The Hall–Kier alpha value is -0.543. The number of rotatable bonds is 6. The van der Waals surface area contributed by atoms with Crippen molar-refractivity contribution in [3.63, 3.8) is 0 Å². The van der Waals surface area contributed by atoms with Gasteiger partial charge >= 0.3 is 0 Å². The topological polar surface area (TPSA) is 12.4 Å². The predicted octanol–water partition coefficient (Wildman–Crippen LogP) is 4.83. The average Bonchev–Trinajstić information content (AvgIpc) is 2.25.